The summed E-state index contributed by atoms with van der Waals surface area (Å²) in [6, 6.07) is 5.08. The number of pyridine rings is 1. The third-order valence-corrected chi connectivity index (χ3v) is 2.67. The Labute approximate surface area is 122 Å². The fraction of sp³-hybridized carbons (Fsp3) is 0.214. The Morgan fingerprint density at radius 3 is 2.55 bits per heavy atom. The van der Waals surface area contributed by atoms with Crippen molar-refractivity contribution in [1.29, 1.82) is 0 Å². The number of ether oxygens (including phenoxy) is 1. The Morgan fingerprint density at radius 1 is 1.09 bits per heavy atom. The van der Waals surface area contributed by atoms with E-state index in [2.05, 4.69) is 10.3 Å². The minimum atomic E-state index is -4.52. The summed E-state index contributed by atoms with van der Waals surface area (Å²) < 4.78 is 68.9. The summed E-state index contributed by atoms with van der Waals surface area (Å²) in [5.74, 6) is -2.30. The van der Waals surface area contributed by atoms with Gasteiger partial charge in [0.1, 0.15) is 18.2 Å². The average Bonchev–Trinajstić information content (AvgIpc) is 2.46. The smallest absolute Gasteiger partial charge is 0.419 e. The molecule has 1 aromatic heterocycles. The predicted molar refractivity (Wildman–Crippen MR) is 69.6 cm³/mol. The first-order valence-corrected chi connectivity index (χ1v) is 6.22. The molecule has 0 radical (unpaired) electrons. The average molecular weight is 318 g/mol. The fourth-order valence-electron chi connectivity index (χ4n) is 1.68. The molecule has 2 aromatic rings. The van der Waals surface area contributed by atoms with Gasteiger partial charge in [0.15, 0.2) is 11.6 Å². The molecule has 0 amide bonds. The van der Waals surface area contributed by atoms with Crippen molar-refractivity contribution in [3.8, 4) is 5.75 Å². The highest BCUT2D eigenvalue weighted by atomic mass is 19.4. The third kappa shape index (κ3) is 4.06. The predicted octanol–water partition coefficient (Wildman–Crippen LogP) is 3.87. The van der Waals surface area contributed by atoms with Crippen molar-refractivity contribution >= 4 is 5.82 Å². The molecule has 0 unspecified atom stereocenters. The van der Waals surface area contributed by atoms with Crippen molar-refractivity contribution in [3.05, 3.63) is 53.7 Å². The second kappa shape index (κ2) is 6.59. The van der Waals surface area contributed by atoms with Gasteiger partial charge in [-0.05, 0) is 24.3 Å². The van der Waals surface area contributed by atoms with Gasteiger partial charge in [-0.1, -0.05) is 0 Å². The first-order valence-electron chi connectivity index (χ1n) is 6.22. The van der Waals surface area contributed by atoms with Crippen LogP contribution in [0.4, 0.5) is 27.8 Å². The Morgan fingerprint density at radius 2 is 1.86 bits per heavy atom. The van der Waals surface area contributed by atoms with Gasteiger partial charge in [0, 0.05) is 12.3 Å². The highest BCUT2D eigenvalue weighted by Crippen LogP contribution is 2.33. The molecule has 0 atom stereocenters. The molecule has 0 fully saturated rings. The van der Waals surface area contributed by atoms with Gasteiger partial charge in [-0.2, -0.15) is 13.2 Å². The van der Waals surface area contributed by atoms with Crippen LogP contribution in [0.25, 0.3) is 0 Å². The number of anilines is 1. The summed E-state index contributed by atoms with van der Waals surface area (Å²) in [6.45, 7) is -0.0297. The van der Waals surface area contributed by atoms with Crippen molar-refractivity contribution in [2.75, 3.05) is 18.5 Å². The number of nitrogens with one attached hydrogen (secondary N) is 1. The van der Waals surface area contributed by atoms with E-state index >= 15 is 0 Å². The van der Waals surface area contributed by atoms with Gasteiger partial charge in [0.2, 0.25) is 0 Å². The van der Waals surface area contributed by atoms with Crippen LogP contribution in [0, 0.1) is 11.6 Å². The molecule has 0 bridgehead atoms. The van der Waals surface area contributed by atoms with E-state index in [0.717, 1.165) is 18.2 Å². The minimum Gasteiger partial charge on any atom is -0.492 e. The normalized spacial score (nSPS) is 11.3. The quantitative estimate of drug-likeness (QED) is 0.671. The SMILES string of the molecule is Fc1ccc(OCCNc2ncccc2C(F)(F)F)cc1F. The number of aromatic nitrogens is 1. The molecule has 0 aliphatic carbocycles. The zero-order chi connectivity index (χ0) is 16.2. The molecule has 1 heterocycles. The number of halogens is 5. The fourth-order valence-corrected chi connectivity index (χ4v) is 1.68. The Balaban J connectivity index is 1.90. The molecular formula is C14H11F5N2O. The lowest BCUT2D eigenvalue weighted by molar-refractivity contribution is -0.137. The van der Waals surface area contributed by atoms with E-state index in [1.165, 1.54) is 18.3 Å². The Hall–Kier alpha value is -2.38. The summed E-state index contributed by atoms with van der Waals surface area (Å²) in [5, 5.41) is 2.49. The maximum absolute atomic E-state index is 12.9. The van der Waals surface area contributed by atoms with E-state index in [0.29, 0.717) is 0 Å². The largest absolute Gasteiger partial charge is 0.492 e. The third-order valence-electron chi connectivity index (χ3n) is 2.67. The van der Waals surface area contributed by atoms with E-state index < -0.39 is 23.4 Å². The number of alkyl halides is 3. The highest BCUT2D eigenvalue weighted by molar-refractivity contribution is 5.45. The van der Waals surface area contributed by atoms with Crippen LogP contribution >= 0.6 is 0 Å². The lowest BCUT2D eigenvalue weighted by Crippen LogP contribution is -2.16. The molecule has 0 saturated carbocycles. The van der Waals surface area contributed by atoms with Gasteiger partial charge < -0.3 is 10.1 Å². The van der Waals surface area contributed by atoms with E-state index in [-0.39, 0.29) is 24.7 Å². The second-order valence-electron chi connectivity index (χ2n) is 4.25. The maximum atomic E-state index is 12.9. The molecule has 0 aliphatic heterocycles. The zero-order valence-corrected chi connectivity index (χ0v) is 11.1. The van der Waals surface area contributed by atoms with Crippen LogP contribution in [0.1, 0.15) is 5.56 Å². The van der Waals surface area contributed by atoms with Crippen LogP contribution in [0.15, 0.2) is 36.5 Å². The molecule has 2 rings (SSSR count). The van der Waals surface area contributed by atoms with Crippen molar-refractivity contribution in [1.82, 2.24) is 4.98 Å². The first kappa shape index (κ1) is 16.0. The zero-order valence-electron chi connectivity index (χ0n) is 11.1. The standard InChI is InChI=1S/C14H11F5N2O/c15-11-4-3-9(8-12(11)16)22-7-6-21-13-10(14(17,18)19)2-1-5-20-13/h1-5,8H,6-7H2,(H,20,21). The summed E-state index contributed by atoms with van der Waals surface area (Å²) in [5.41, 5.74) is -0.886. The van der Waals surface area contributed by atoms with Gasteiger partial charge in [-0.15, -0.1) is 0 Å². The summed E-state index contributed by atoms with van der Waals surface area (Å²) >= 11 is 0. The molecule has 0 aliphatic rings. The van der Waals surface area contributed by atoms with Crippen LogP contribution in [0.5, 0.6) is 5.75 Å². The van der Waals surface area contributed by atoms with Gasteiger partial charge >= 0.3 is 6.18 Å². The molecule has 0 spiro atoms. The van der Waals surface area contributed by atoms with Crippen molar-refractivity contribution in [2.24, 2.45) is 0 Å². The van der Waals surface area contributed by atoms with Crippen LogP contribution < -0.4 is 10.1 Å². The minimum absolute atomic E-state index is 0.0130. The van der Waals surface area contributed by atoms with Crippen molar-refractivity contribution < 1.29 is 26.7 Å². The summed E-state index contributed by atoms with van der Waals surface area (Å²) in [6.07, 6.45) is -3.29. The first-order chi connectivity index (χ1) is 10.4. The topological polar surface area (TPSA) is 34.1 Å². The van der Waals surface area contributed by atoms with Crippen LogP contribution in [-0.4, -0.2) is 18.1 Å². The Kier molecular flexibility index (Phi) is 4.79. The molecule has 22 heavy (non-hydrogen) atoms. The molecule has 3 nitrogen and oxygen atoms in total. The number of benzene rings is 1. The van der Waals surface area contributed by atoms with Gasteiger partial charge in [-0.25, -0.2) is 13.8 Å². The molecule has 8 heteroatoms. The van der Waals surface area contributed by atoms with E-state index in [1.54, 1.807) is 0 Å². The van der Waals surface area contributed by atoms with Gasteiger partial charge in [0.25, 0.3) is 0 Å². The van der Waals surface area contributed by atoms with E-state index in [4.69, 9.17) is 4.74 Å². The Bertz CT molecular complexity index is 645. The van der Waals surface area contributed by atoms with E-state index in [1.807, 2.05) is 0 Å². The number of rotatable bonds is 5. The van der Waals surface area contributed by atoms with Crippen LogP contribution in [-0.2, 0) is 6.18 Å². The number of hydrogen-bond donors (Lipinski definition) is 1. The highest BCUT2D eigenvalue weighted by Gasteiger charge is 2.33. The number of nitrogens with zero attached hydrogens (tertiary/aromatic N) is 1. The molecule has 118 valence electrons. The summed E-state index contributed by atoms with van der Waals surface area (Å²) in [7, 11) is 0. The lowest BCUT2D eigenvalue weighted by atomic mass is 10.2. The maximum Gasteiger partial charge on any atom is 0.419 e. The van der Waals surface area contributed by atoms with Gasteiger partial charge in [-0.3, -0.25) is 0 Å². The van der Waals surface area contributed by atoms with E-state index in [9.17, 15) is 22.0 Å². The molecule has 0 saturated heterocycles. The van der Waals surface area contributed by atoms with Crippen LogP contribution in [0.3, 0.4) is 0 Å². The molecule has 1 aromatic carbocycles. The summed E-state index contributed by atoms with van der Waals surface area (Å²) in [4.78, 5) is 3.62. The number of hydrogen-bond acceptors (Lipinski definition) is 3. The molecular weight excluding hydrogens is 307 g/mol. The second-order valence-corrected chi connectivity index (χ2v) is 4.25. The van der Waals surface area contributed by atoms with Gasteiger partial charge in [0.05, 0.1) is 12.1 Å². The van der Waals surface area contributed by atoms with Crippen molar-refractivity contribution in [2.45, 2.75) is 6.18 Å². The molecule has 1 N–H and O–H groups in total. The lowest BCUT2D eigenvalue weighted by Gasteiger charge is -2.13. The monoisotopic (exact) mass is 318 g/mol. The van der Waals surface area contributed by atoms with Crippen molar-refractivity contribution in [3.63, 3.8) is 0 Å². The van der Waals surface area contributed by atoms with Crippen LogP contribution in [0.2, 0.25) is 0 Å².